The minimum Gasteiger partial charge on any atom is -0.277 e. The predicted octanol–water partition coefficient (Wildman–Crippen LogP) is 3.14. The van der Waals surface area contributed by atoms with Gasteiger partial charge in [0.05, 0.1) is 16.1 Å². The highest BCUT2D eigenvalue weighted by atomic mass is 16.6. The molecular weight excluding hydrogens is 230 g/mol. The summed E-state index contributed by atoms with van der Waals surface area (Å²) < 4.78 is 0. The second-order valence-corrected chi connectivity index (χ2v) is 3.93. The van der Waals surface area contributed by atoms with Crippen molar-refractivity contribution < 1.29 is 4.92 Å². The fourth-order valence-electron chi connectivity index (χ4n) is 1.94. The van der Waals surface area contributed by atoms with Gasteiger partial charge in [0.2, 0.25) is 0 Å². The molecule has 5 heteroatoms. The lowest BCUT2D eigenvalue weighted by Crippen LogP contribution is -1.86. The molecule has 0 spiro atoms. The molecule has 0 radical (unpaired) electrons. The van der Waals surface area contributed by atoms with Crippen LogP contribution in [0.3, 0.4) is 0 Å². The molecule has 0 saturated carbocycles. The van der Waals surface area contributed by atoms with Crippen molar-refractivity contribution in [3.05, 3.63) is 58.6 Å². The summed E-state index contributed by atoms with van der Waals surface area (Å²) in [7, 11) is 0. The van der Waals surface area contributed by atoms with Crippen LogP contribution in [0.4, 0.5) is 5.69 Å². The van der Waals surface area contributed by atoms with Gasteiger partial charge in [-0.15, -0.1) is 0 Å². The van der Waals surface area contributed by atoms with Gasteiger partial charge in [0.25, 0.3) is 5.69 Å². The van der Waals surface area contributed by atoms with E-state index in [1.54, 1.807) is 6.07 Å². The minimum absolute atomic E-state index is 0.0609. The highest BCUT2D eigenvalue weighted by Gasteiger charge is 2.11. The number of nitrogens with one attached hydrogen (secondary N) is 1. The Bertz CT molecular complexity index is 719. The molecule has 0 aliphatic heterocycles. The first kappa shape index (κ1) is 10.5. The fourth-order valence-corrected chi connectivity index (χ4v) is 1.94. The van der Waals surface area contributed by atoms with Crippen LogP contribution in [-0.4, -0.2) is 15.1 Å². The van der Waals surface area contributed by atoms with Gasteiger partial charge in [0.15, 0.2) is 0 Å². The van der Waals surface area contributed by atoms with E-state index in [0.29, 0.717) is 5.52 Å². The summed E-state index contributed by atoms with van der Waals surface area (Å²) in [4.78, 5) is 10.3. The third-order valence-electron chi connectivity index (χ3n) is 2.80. The number of hydrogen-bond donors (Lipinski definition) is 1. The molecule has 88 valence electrons. The van der Waals surface area contributed by atoms with Crippen LogP contribution in [0.1, 0.15) is 0 Å². The Morgan fingerprint density at radius 1 is 1.11 bits per heavy atom. The van der Waals surface area contributed by atoms with Crippen molar-refractivity contribution >= 4 is 16.6 Å². The number of non-ortho nitro benzene ring substituents is 1. The molecule has 0 aliphatic carbocycles. The first-order valence-corrected chi connectivity index (χ1v) is 5.43. The minimum atomic E-state index is -0.414. The second-order valence-electron chi connectivity index (χ2n) is 3.93. The third-order valence-corrected chi connectivity index (χ3v) is 2.80. The number of nitro groups is 1. The monoisotopic (exact) mass is 239 g/mol. The fraction of sp³-hybridized carbons (Fsp3) is 0. The quantitative estimate of drug-likeness (QED) is 0.551. The summed E-state index contributed by atoms with van der Waals surface area (Å²) in [5, 5.41) is 18.6. The molecule has 1 aromatic heterocycles. The van der Waals surface area contributed by atoms with E-state index < -0.39 is 4.92 Å². The number of benzene rings is 2. The van der Waals surface area contributed by atoms with Gasteiger partial charge in [-0.2, -0.15) is 5.10 Å². The lowest BCUT2D eigenvalue weighted by Gasteiger charge is -1.96. The zero-order chi connectivity index (χ0) is 12.5. The first-order chi connectivity index (χ1) is 8.75. The van der Waals surface area contributed by atoms with Crippen molar-refractivity contribution in [1.29, 1.82) is 0 Å². The average molecular weight is 239 g/mol. The SMILES string of the molecule is O=[N+]([O-])c1ccc2c(-c3ccccc3)n[nH]c2c1. The van der Waals surface area contributed by atoms with Crippen LogP contribution in [0.15, 0.2) is 48.5 Å². The number of nitro benzene ring substituents is 1. The molecule has 0 aliphatic rings. The van der Waals surface area contributed by atoms with Gasteiger partial charge in [-0.05, 0) is 6.07 Å². The lowest BCUT2D eigenvalue weighted by atomic mass is 10.1. The van der Waals surface area contributed by atoms with Crippen molar-refractivity contribution in [2.75, 3.05) is 0 Å². The molecule has 3 aromatic rings. The summed E-state index contributed by atoms with van der Waals surface area (Å²) in [6.45, 7) is 0. The van der Waals surface area contributed by atoms with E-state index in [-0.39, 0.29) is 5.69 Å². The number of aromatic nitrogens is 2. The van der Waals surface area contributed by atoms with Gasteiger partial charge in [0.1, 0.15) is 0 Å². The van der Waals surface area contributed by atoms with E-state index in [4.69, 9.17) is 0 Å². The zero-order valence-electron chi connectivity index (χ0n) is 9.33. The number of fused-ring (bicyclic) bond motifs is 1. The van der Waals surface area contributed by atoms with Gasteiger partial charge in [-0.1, -0.05) is 30.3 Å². The molecule has 0 amide bonds. The Hall–Kier alpha value is -2.69. The van der Waals surface area contributed by atoms with Crippen molar-refractivity contribution in [3.63, 3.8) is 0 Å². The van der Waals surface area contributed by atoms with E-state index >= 15 is 0 Å². The van der Waals surface area contributed by atoms with E-state index in [0.717, 1.165) is 16.6 Å². The van der Waals surface area contributed by atoms with Crippen LogP contribution in [0.2, 0.25) is 0 Å². The molecule has 0 bridgehead atoms. The molecular formula is C13H9N3O2. The standard InChI is InChI=1S/C13H9N3O2/c17-16(18)10-6-7-11-12(8-10)14-15-13(11)9-4-2-1-3-5-9/h1-8H,(H,14,15). The summed E-state index contributed by atoms with van der Waals surface area (Å²) in [5.41, 5.74) is 2.52. The maximum Gasteiger partial charge on any atom is 0.271 e. The molecule has 0 saturated heterocycles. The summed E-state index contributed by atoms with van der Waals surface area (Å²) >= 11 is 0. The van der Waals surface area contributed by atoms with Crippen LogP contribution in [0.5, 0.6) is 0 Å². The topological polar surface area (TPSA) is 71.8 Å². The Kier molecular flexibility index (Phi) is 2.30. The molecule has 3 rings (SSSR count). The smallest absolute Gasteiger partial charge is 0.271 e. The van der Waals surface area contributed by atoms with E-state index in [2.05, 4.69) is 10.2 Å². The number of H-pyrrole nitrogens is 1. The maximum absolute atomic E-state index is 10.7. The summed E-state index contributed by atoms with van der Waals surface area (Å²) in [5.74, 6) is 0. The largest absolute Gasteiger partial charge is 0.277 e. The highest BCUT2D eigenvalue weighted by molar-refractivity contribution is 5.93. The highest BCUT2D eigenvalue weighted by Crippen LogP contribution is 2.28. The summed E-state index contributed by atoms with van der Waals surface area (Å²) in [6, 6.07) is 14.4. The Morgan fingerprint density at radius 2 is 1.89 bits per heavy atom. The third kappa shape index (κ3) is 1.62. The number of aromatic amines is 1. The van der Waals surface area contributed by atoms with Gasteiger partial charge in [-0.25, -0.2) is 0 Å². The van der Waals surface area contributed by atoms with Gasteiger partial charge >= 0.3 is 0 Å². The van der Waals surface area contributed by atoms with Crippen LogP contribution in [-0.2, 0) is 0 Å². The van der Waals surface area contributed by atoms with Gasteiger partial charge in [-0.3, -0.25) is 15.2 Å². The molecule has 1 N–H and O–H groups in total. The molecule has 1 heterocycles. The zero-order valence-corrected chi connectivity index (χ0v) is 9.33. The second kappa shape index (κ2) is 3.96. The van der Waals surface area contributed by atoms with Gasteiger partial charge in [0, 0.05) is 23.1 Å². The van der Waals surface area contributed by atoms with Crippen molar-refractivity contribution in [1.82, 2.24) is 10.2 Å². The van der Waals surface area contributed by atoms with Crippen molar-refractivity contribution in [2.24, 2.45) is 0 Å². The Labute approximate surface area is 102 Å². The molecule has 0 atom stereocenters. The van der Waals surface area contributed by atoms with Crippen molar-refractivity contribution in [3.8, 4) is 11.3 Å². The van der Waals surface area contributed by atoms with Crippen LogP contribution in [0, 0.1) is 10.1 Å². The van der Waals surface area contributed by atoms with Crippen LogP contribution < -0.4 is 0 Å². The Balaban J connectivity index is 2.19. The number of nitrogens with zero attached hydrogens (tertiary/aromatic N) is 2. The molecule has 0 fully saturated rings. The molecule has 5 nitrogen and oxygen atoms in total. The van der Waals surface area contributed by atoms with Crippen LogP contribution >= 0.6 is 0 Å². The lowest BCUT2D eigenvalue weighted by molar-refractivity contribution is -0.384. The molecule has 18 heavy (non-hydrogen) atoms. The van der Waals surface area contributed by atoms with Gasteiger partial charge < -0.3 is 0 Å². The van der Waals surface area contributed by atoms with E-state index in [9.17, 15) is 10.1 Å². The van der Waals surface area contributed by atoms with E-state index in [1.807, 2.05) is 30.3 Å². The summed E-state index contributed by atoms with van der Waals surface area (Å²) in [6.07, 6.45) is 0. The van der Waals surface area contributed by atoms with Crippen LogP contribution in [0.25, 0.3) is 22.2 Å². The predicted molar refractivity (Wildman–Crippen MR) is 68.2 cm³/mol. The van der Waals surface area contributed by atoms with E-state index in [1.165, 1.54) is 12.1 Å². The average Bonchev–Trinajstić information content (AvgIpc) is 2.82. The number of hydrogen-bond acceptors (Lipinski definition) is 3. The first-order valence-electron chi connectivity index (χ1n) is 5.43. The Morgan fingerprint density at radius 3 is 2.61 bits per heavy atom. The molecule has 0 unspecified atom stereocenters. The normalized spacial score (nSPS) is 10.7. The number of rotatable bonds is 2. The molecule has 2 aromatic carbocycles. The van der Waals surface area contributed by atoms with Crippen molar-refractivity contribution in [2.45, 2.75) is 0 Å². The maximum atomic E-state index is 10.7.